The zero-order chi connectivity index (χ0) is 20.6. The number of hydrogen-bond acceptors (Lipinski definition) is 6. The van der Waals surface area contributed by atoms with E-state index in [9.17, 15) is 4.79 Å². The van der Waals surface area contributed by atoms with Gasteiger partial charge in [-0.1, -0.05) is 36.9 Å². The van der Waals surface area contributed by atoms with Crippen LogP contribution in [0.5, 0.6) is 5.75 Å². The third-order valence-electron chi connectivity index (χ3n) is 4.29. The highest BCUT2D eigenvalue weighted by atomic mass is 32.2. The molecule has 0 fully saturated rings. The molecule has 0 aliphatic rings. The molecule has 0 aliphatic carbocycles. The fourth-order valence-electron chi connectivity index (χ4n) is 2.71. The second kappa shape index (κ2) is 10.1. The number of nitrogens with zero attached hydrogens (tertiary/aromatic N) is 4. The molecule has 2 heterocycles. The van der Waals surface area contributed by atoms with Crippen LogP contribution >= 0.6 is 11.8 Å². The van der Waals surface area contributed by atoms with Crippen molar-refractivity contribution in [2.75, 3.05) is 12.4 Å². The zero-order valence-corrected chi connectivity index (χ0v) is 17.6. The number of nitrogens with one attached hydrogen (secondary N) is 1. The number of pyridine rings is 1. The lowest BCUT2D eigenvalue weighted by Crippen LogP contribution is -2.33. The quantitative estimate of drug-likeness (QED) is 0.540. The van der Waals surface area contributed by atoms with Crippen LogP contribution in [0, 0.1) is 0 Å². The lowest BCUT2D eigenvalue weighted by Gasteiger charge is -2.15. The van der Waals surface area contributed by atoms with Crippen LogP contribution in [0.25, 0.3) is 17.2 Å². The van der Waals surface area contributed by atoms with Crippen LogP contribution < -0.4 is 10.1 Å². The molecule has 1 N–H and O–H groups in total. The standard InChI is InChI=1S/C21H25N5O2S/c1-4-15(3)23-19(27)14-29-21-25-24-20(16-10-8-9-13-22-16)26(21)17-11-6-7-12-18(17)28-5-2/h6-13,15H,4-5,14H2,1-3H3,(H,23,27)/t15-/m0/s1. The average Bonchev–Trinajstić information content (AvgIpc) is 3.17. The lowest BCUT2D eigenvalue weighted by molar-refractivity contribution is -0.119. The molecule has 3 aromatic rings. The summed E-state index contributed by atoms with van der Waals surface area (Å²) < 4.78 is 7.71. The Morgan fingerprint density at radius 2 is 1.97 bits per heavy atom. The monoisotopic (exact) mass is 411 g/mol. The summed E-state index contributed by atoms with van der Waals surface area (Å²) in [7, 11) is 0. The molecule has 1 amide bonds. The van der Waals surface area contributed by atoms with Crippen molar-refractivity contribution in [1.82, 2.24) is 25.1 Å². The van der Waals surface area contributed by atoms with Crippen molar-refractivity contribution in [3.8, 4) is 23.0 Å². The molecule has 0 radical (unpaired) electrons. The van der Waals surface area contributed by atoms with E-state index in [-0.39, 0.29) is 17.7 Å². The number of aromatic nitrogens is 4. The van der Waals surface area contributed by atoms with Crippen molar-refractivity contribution < 1.29 is 9.53 Å². The fourth-order valence-corrected chi connectivity index (χ4v) is 3.47. The van der Waals surface area contributed by atoms with Gasteiger partial charge in [-0.2, -0.15) is 0 Å². The topological polar surface area (TPSA) is 81.9 Å². The number of rotatable bonds is 9. The summed E-state index contributed by atoms with van der Waals surface area (Å²) in [6, 6.07) is 13.5. The van der Waals surface area contributed by atoms with Crippen LogP contribution in [0.15, 0.2) is 53.8 Å². The minimum absolute atomic E-state index is 0.0311. The summed E-state index contributed by atoms with van der Waals surface area (Å²) in [5, 5.41) is 12.3. The Morgan fingerprint density at radius 3 is 2.69 bits per heavy atom. The first-order valence-corrected chi connectivity index (χ1v) is 10.6. The first-order valence-electron chi connectivity index (χ1n) is 9.65. The second-order valence-electron chi connectivity index (χ2n) is 6.42. The van der Waals surface area contributed by atoms with E-state index in [1.54, 1.807) is 6.20 Å². The maximum absolute atomic E-state index is 12.3. The van der Waals surface area contributed by atoms with Crippen LogP contribution in [0.4, 0.5) is 0 Å². The van der Waals surface area contributed by atoms with Gasteiger partial charge in [-0.05, 0) is 44.5 Å². The second-order valence-corrected chi connectivity index (χ2v) is 7.37. The van der Waals surface area contributed by atoms with Gasteiger partial charge < -0.3 is 10.1 Å². The van der Waals surface area contributed by atoms with E-state index in [2.05, 4.69) is 20.5 Å². The first-order chi connectivity index (χ1) is 14.1. The van der Waals surface area contributed by atoms with Crippen LogP contribution in [0.1, 0.15) is 27.2 Å². The predicted octanol–water partition coefficient (Wildman–Crippen LogP) is 3.73. The first kappa shape index (κ1) is 20.9. The van der Waals surface area contributed by atoms with Crippen molar-refractivity contribution in [1.29, 1.82) is 0 Å². The van der Waals surface area contributed by atoms with Crippen LogP contribution in [-0.2, 0) is 4.79 Å². The Bertz CT molecular complexity index is 945. The van der Waals surface area contributed by atoms with Crippen molar-refractivity contribution in [3.05, 3.63) is 48.7 Å². The smallest absolute Gasteiger partial charge is 0.230 e. The van der Waals surface area contributed by atoms with E-state index in [1.807, 2.05) is 67.8 Å². The summed E-state index contributed by atoms with van der Waals surface area (Å²) in [4.78, 5) is 16.7. The Morgan fingerprint density at radius 1 is 1.17 bits per heavy atom. The van der Waals surface area contributed by atoms with Crippen molar-refractivity contribution >= 4 is 17.7 Å². The van der Waals surface area contributed by atoms with Gasteiger partial charge in [-0.25, -0.2) is 0 Å². The summed E-state index contributed by atoms with van der Waals surface area (Å²) in [5.41, 5.74) is 1.51. The maximum atomic E-state index is 12.3. The lowest BCUT2D eigenvalue weighted by atomic mass is 10.2. The predicted molar refractivity (Wildman–Crippen MR) is 114 cm³/mol. The molecule has 2 aromatic heterocycles. The Kier molecular flexibility index (Phi) is 7.24. The Labute approximate surface area is 174 Å². The van der Waals surface area contributed by atoms with Gasteiger partial charge in [-0.15, -0.1) is 10.2 Å². The van der Waals surface area contributed by atoms with Gasteiger partial charge in [0.15, 0.2) is 11.0 Å². The molecule has 0 saturated carbocycles. The number of amides is 1. The third kappa shape index (κ3) is 5.14. The highest BCUT2D eigenvalue weighted by Gasteiger charge is 2.20. The van der Waals surface area contributed by atoms with E-state index >= 15 is 0 Å². The van der Waals surface area contributed by atoms with Gasteiger partial charge in [0.05, 0.1) is 18.0 Å². The minimum Gasteiger partial charge on any atom is -0.492 e. The molecule has 0 saturated heterocycles. The number of ether oxygens (including phenoxy) is 1. The molecule has 152 valence electrons. The molecule has 0 spiro atoms. The molecule has 0 aliphatic heterocycles. The normalized spacial score (nSPS) is 11.8. The fraction of sp³-hybridized carbons (Fsp3) is 0.333. The van der Waals surface area contributed by atoms with Crippen LogP contribution in [-0.4, -0.2) is 44.1 Å². The van der Waals surface area contributed by atoms with Gasteiger partial charge in [0, 0.05) is 12.2 Å². The van der Waals surface area contributed by atoms with Gasteiger partial charge >= 0.3 is 0 Å². The molecule has 29 heavy (non-hydrogen) atoms. The van der Waals surface area contributed by atoms with E-state index in [0.717, 1.165) is 17.9 Å². The Hall–Kier alpha value is -2.87. The van der Waals surface area contributed by atoms with E-state index in [0.29, 0.717) is 23.3 Å². The van der Waals surface area contributed by atoms with E-state index in [4.69, 9.17) is 4.74 Å². The maximum Gasteiger partial charge on any atom is 0.230 e. The number of benzene rings is 1. The van der Waals surface area contributed by atoms with Gasteiger partial charge in [-0.3, -0.25) is 14.3 Å². The van der Waals surface area contributed by atoms with E-state index in [1.165, 1.54) is 11.8 Å². The largest absolute Gasteiger partial charge is 0.492 e. The molecular weight excluding hydrogens is 386 g/mol. The number of hydrogen-bond donors (Lipinski definition) is 1. The summed E-state index contributed by atoms with van der Waals surface area (Å²) in [6.45, 7) is 6.51. The molecule has 8 heteroatoms. The average molecular weight is 412 g/mol. The number of carbonyl (C=O) groups excluding carboxylic acids is 1. The SMILES string of the molecule is CCOc1ccccc1-n1c(SCC(=O)N[C@@H](C)CC)nnc1-c1ccccn1. The summed E-state index contributed by atoms with van der Waals surface area (Å²) in [6.07, 6.45) is 2.60. The van der Waals surface area contributed by atoms with Gasteiger partial charge in [0.25, 0.3) is 0 Å². The van der Waals surface area contributed by atoms with Crippen molar-refractivity contribution in [3.63, 3.8) is 0 Å². The van der Waals surface area contributed by atoms with Gasteiger partial charge in [0.1, 0.15) is 11.4 Å². The number of thioether (sulfide) groups is 1. The van der Waals surface area contributed by atoms with Crippen LogP contribution in [0.2, 0.25) is 0 Å². The molecule has 3 rings (SSSR count). The molecular formula is C21H25N5O2S. The third-order valence-corrected chi connectivity index (χ3v) is 5.21. The minimum atomic E-state index is -0.0311. The number of para-hydroxylation sites is 2. The summed E-state index contributed by atoms with van der Waals surface area (Å²) in [5.74, 6) is 1.54. The number of carbonyl (C=O) groups is 1. The Balaban J connectivity index is 1.98. The molecule has 1 aromatic carbocycles. The molecule has 0 unspecified atom stereocenters. The zero-order valence-electron chi connectivity index (χ0n) is 16.8. The van der Waals surface area contributed by atoms with Gasteiger partial charge in [0.2, 0.25) is 5.91 Å². The molecule has 7 nitrogen and oxygen atoms in total. The summed E-state index contributed by atoms with van der Waals surface area (Å²) >= 11 is 1.34. The van der Waals surface area contributed by atoms with Crippen LogP contribution in [0.3, 0.4) is 0 Å². The highest BCUT2D eigenvalue weighted by Crippen LogP contribution is 2.32. The van der Waals surface area contributed by atoms with Crippen molar-refractivity contribution in [2.45, 2.75) is 38.4 Å². The molecule has 1 atom stereocenters. The molecule has 0 bridgehead atoms. The highest BCUT2D eigenvalue weighted by molar-refractivity contribution is 7.99. The van der Waals surface area contributed by atoms with Crippen molar-refractivity contribution in [2.24, 2.45) is 0 Å². The van der Waals surface area contributed by atoms with E-state index < -0.39 is 0 Å².